The zero-order chi connectivity index (χ0) is 18.1. The highest BCUT2D eigenvalue weighted by atomic mass is 16.5. The molecule has 4 aromatic rings. The number of benzene rings is 1. The molecular weight excluding hydrogens is 342 g/mol. The van der Waals surface area contributed by atoms with Crippen molar-refractivity contribution in [2.75, 3.05) is 31.2 Å². The first-order valence-electron chi connectivity index (χ1n) is 8.84. The topological polar surface area (TPSA) is 77.2 Å². The third kappa shape index (κ3) is 3.02. The Morgan fingerprint density at radius 2 is 1.89 bits per heavy atom. The van der Waals surface area contributed by atoms with Crippen LogP contribution in [0.5, 0.6) is 0 Å². The van der Waals surface area contributed by atoms with Crippen LogP contribution in [0.4, 0.5) is 5.95 Å². The van der Waals surface area contributed by atoms with Gasteiger partial charge < -0.3 is 14.2 Å². The second kappa shape index (κ2) is 6.77. The lowest BCUT2D eigenvalue weighted by atomic mass is 10.1. The molecule has 5 rings (SSSR count). The minimum Gasteiger partial charge on any atom is -0.378 e. The van der Waals surface area contributed by atoms with Crippen molar-refractivity contribution in [2.24, 2.45) is 0 Å². The summed E-state index contributed by atoms with van der Waals surface area (Å²) in [6, 6.07) is 11.8. The number of pyridine rings is 1. The molecule has 3 aromatic heterocycles. The summed E-state index contributed by atoms with van der Waals surface area (Å²) in [6.07, 6.45) is 5.31. The first kappa shape index (κ1) is 15.9. The van der Waals surface area contributed by atoms with Crippen LogP contribution in [0.3, 0.4) is 0 Å². The van der Waals surface area contributed by atoms with Gasteiger partial charge in [0.25, 0.3) is 0 Å². The Morgan fingerprint density at radius 3 is 2.74 bits per heavy atom. The highest BCUT2D eigenvalue weighted by Gasteiger charge is 2.16. The fourth-order valence-electron chi connectivity index (χ4n) is 3.23. The average molecular weight is 359 g/mol. The summed E-state index contributed by atoms with van der Waals surface area (Å²) >= 11 is 0. The Kier molecular flexibility index (Phi) is 3.99. The molecule has 7 heteroatoms. The second-order valence-electron chi connectivity index (χ2n) is 6.33. The zero-order valence-corrected chi connectivity index (χ0v) is 14.6. The van der Waals surface area contributed by atoms with E-state index < -0.39 is 0 Å². The number of fused-ring (bicyclic) bond motifs is 1. The molecule has 0 aliphatic carbocycles. The summed E-state index contributed by atoms with van der Waals surface area (Å²) in [5, 5.41) is 5.10. The van der Waals surface area contributed by atoms with Gasteiger partial charge in [-0.15, -0.1) is 0 Å². The number of anilines is 1. The van der Waals surface area contributed by atoms with Crippen LogP contribution < -0.4 is 4.90 Å². The van der Waals surface area contributed by atoms with Crippen molar-refractivity contribution in [3.63, 3.8) is 0 Å². The zero-order valence-electron chi connectivity index (χ0n) is 14.6. The molecule has 4 heterocycles. The lowest BCUT2D eigenvalue weighted by molar-refractivity contribution is 0.122. The summed E-state index contributed by atoms with van der Waals surface area (Å²) < 4.78 is 11.0. The standard InChI is InChI=1S/C20H17N5O2/c1-2-15(13-21-6-1)19-16-12-14(3-4-18(16)24-27-19)17-5-7-22-20(23-17)25-8-10-26-11-9-25/h1-7,12-13H,8-11H2. The molecule has 134 valence electrons. The highest BCUT2D eigenvalue weighted by Crippen LogP contribution is 2.31. The fourth-order valence-corrected chi connectivity index (χ4v) is 3.23. The Hall–Kier alpha value is -3.32. The minimum absolute atomic E-state index is 0.703. The van der Waals surface area contributed by atoms with E-state index >= 15 is 0 Å². The van der Waals surface area contributed by atoms with Crippen LogP contribution in [0.1, 0.15) is 0 Å². The molecule has 0 atom stereocenters. The normalized spacial score (nSPS) is 14.6. The molecule has 1 aromatic carbocycles. The third-order valence-corrected chi connectivity index (χ3v) is 4.63. The lowest BCUT2D eigenvalue weighted by Crippen LogP contribution is -2.37. The van der Waals surface area contributed by atoms with Crippen LogP contribution in [0.15, 0.2) is 59.5 Å². The first-order chi connectivity index (χ1) is 13.4. The predicted molar refractivity (Wildman–Crippen MR) is 101 cm³/mol. The summed E-state index contributed by atoms with van der Waals surface area (Å²) in [5.74, 6) is 1.44. The van der Waals surface area contributed by atoms with Gasteiger partial charge in [-0.25, -0.2) is 9.97 Å². The summed E-state index contributed by atoms with van der Waals surface area (Å²) in [6.45, 7) is 3.02. The van der Waals surface area contributed by atoms with Crippen molar-refractivity contribution < 1.29 is 9.26 Å². The van der Waals surface area contributed by atoms with Gasteiger partial charge in [0.2, 0.25) is 5.95 Å². The first-order valence-corrected chi connectivity index (χ1v) is 8.84. The Balaban J connectivity index is 1.55. The molecule has 0 amide bonds. The number of aromatic nitrogens is 4. The van der Waals surface area contributed by atoms with Crippen LogP contribution in [-0.2, 0) is 4.74 Å². The van der Waals surface area contributed by atoms with Gasteiger partial charge >= 0.3 is 0 Å². The van der Waals surface area contributed by atoms with Crippen molar-refractivity contribution in [1.82, 2.24) is 20.1 Å². The number of ether oxygens (including phenoxy) is 1. The number of nitrogens with zero attached hydrogens (tertiary/aromatic N) is 5. The fraction of sp³-hybridized carbons (Fsp3) is 0.200. The molecule has 0 bridgehead atoms. The molecule has 1 aliphatic heterocycles. The molecule has 1 aliphatic rings. The molecule has 0 saturated carbocycles. The van der Waals surface area contributed by atoms with E-state index in [1.807, 2.05) is 30.3 Å². The summed E-state index contributed by atoms with van der Waals surface area (Å²) in [4.78, 5) is 15.5. The predicted octanol–water partition coefficient (Wildman–Crippen LogP) is 3.18. The maximum Gasteiger partial charge on any atom is 0.226 e. The summed E-state index contributed by atoms with van der Waals surface area (Å²) in [5.41, 5.74) is 3.56. The van der Waals surface area contributed by atoms with E-state index in [-0.39, 0.29) is 0 Å². The van der Waals surface area contributed by atoms with Crippen LogP contribution >= 0.6 is 0 Å². The van der Waals surface area contributed by atoms with Gasteiger partial charge in [-0.3, -0.25) is 4.98 Å². The van der Waals surface area contributed by atoms with E-state index in [0.29, 0.717) is 19.0 Å². The van der Waals surface area contributed by atoms with Crippen LogP contribution in [0.2, 0.25) is 0 Å². The third-order valence-electron chi connectivity index (χ3n) is 4.63. The molecule has 7 nitrogen and oxygen atoms in total. The number of hydrogen-bond donors (Lipinski definition) is 0. The van der Waals surface area contributed by atoms with Gasteiger partial charge in [0.15, 0.2) is 5.76 Å². The lowest BCUT2D eigenvalue weighted by Gasteiger charge is -2.26. The molecular formula is C20H17N5O2. The van der Waals surface area contributed by atoms with E-state index in [9.17, 15) is 0 Å². The van der Waals surface area contributed by atoms with Crippen LogP contribution in [0.25, 0.3) is 33.5 Å². The van der Waals surface area contributed by atoms with E-state index in [1.165, 1.54) is 0 Å². The number of hydrogen-bond acceptors (Lipinski definition) is 7. The molecule has 27 heavy (non-hydrogen) atoms. The van der Waals surface area contributed by atoms with E-state index in [1.54, 1.807) is 18.6 Å². The maximum absolute atomic E-state index is 5.57. The summed E-state index contributed by atoms with van der Waals surface area (Å²) in [7, 11) is 0. The van der Waals surface area contributed by atoms with Crippen molar-refractivity contribution in [1.29, 1.82) is 0 Å². The number of morpholine rings is 1. The highest BCUT2D eigenvalue weighted by molar-refractivity contribution is 5.94. The Bertz CT molecular complexity index is 1070. The SMILES string of the molecule is c1cncc(-c2onc3ccc(-c4ccnc(N5CCOCC5)n4)cc23)c1. The van der Waals surface area contributed by atoms with Gasteiger partial charge in [-0.05, 0) is 30.3 Å². The second-order valence-corrected chi connectivity index (χ2v) is 6.33. The maximum atomic E-state index is 5.57. The minimum atomic E-state index is 0.703. The molecule has 0 spiro atoms. The molecule has 1 fully saturated rings. The van der Waals surface area contributed by atoms with Gasteiger partial charge in [0.05, 0.1) is 24.3 Å². The molecule has 0 N–H and O–H groups in total. The van der Waals surface area contributed by atoms with Crippen molar-refractivity contribution in [2.45, 2.75) is 0 Å². The van der Waals surface area contributed by atoms with Gasteiger partial charge in [0.1, 0.15) is 5.52 Å². The smallest absolute Gasteiger partial charge is 0.226 e. The molecule has 1 saturated heterocycles. The Morgan fingerprint density at radius 1 is 0.963 bits per heavy atom. The van der Waals surface area contributed by atoms with Crippen molar-refractivity contribution >= 4 is 16.9 Å². The van der Waals surface area contributed by atoms with Crippen LogP contribution in [-0.4, -0.2) is 46.4 Å². The largest absolute Gasteiger partial charge is 0.378 e. The van der Waals surface area contributed by atoms with Gasteiger partial charge in [0, 0.05) is 42.8 Å². The van der Waals surface area contributed by atoms with Crippen molar-refractivity contribution in [3.8, 4) is 22.6 Å². The van der Waals surface area contributed by atoms with E-state index in [4.69, 9.17) is 14.2 Å². The molecule has 0 unspecified atom stereocenters. The number of rotatable bonds is 3. The van der Waals surface area contributed by atoms with E-state index in [2.05, 4.69) is 26.1 Å². The molecule has 0 radical (unpaired) electrons. The quantitative estimate of drug-likeness (QED) is 0.556. The van der Waals surface area contributed by atoms with E-state index in [0.717, 1.165) is 46.8 Å². The monoisotopic (exact) mass is 359 g/mol. The van der Waals surface area contributed by atoms with Crippen LogP contribution in [0, 0.1) is 0 Å². The van der Waals surface area contributed by atoms with Gasteiger partial charge in [-0.1, -0.05) is 11.2 Å². The Labute approximate surface area is 155 Å². The van der Waals surface area contributed by atoms with Crippen molar-refractivity contribution in [3.05, 3.63) is 55.0 Å². The average Bonchev–Trinajstić information content (AvgIpc) is 3.18. The van der Waals surface area contributed by atoms with Gasteiger partial charge in [-0.2, -0.15) is 0 Å².